The van der Waals surface area contributed by atoms with Crippen LogP contribution in [-0.4, -0.2) is 29.5 Å². The second kappa shape index (κ2) is 4.52. The van der Waals surface area contributed by atoms with E-state index in [0.29, 0.717) is 28.2 Å². The van der Waals surface area contributed by atoms with Crippen molar-refractivity contribution in [2.75, 3.05) is 14.2 Å². The minimum atomic E-state index is -2.89. The molecule has 3 N–H and O–H groups in total. The predicted molar refractivity (Wildman–Crippen MR) is 62.1 cm³/mol. The van der Waals surface area contributed by atoms with Crippen molar-refractivity contribution < 1.29 is 24.8 Å². The van der Waals surface area contributed by atoms with Gasteiger partial charge in [-0.05, 0) is 31.9 Å². The molecule has 17 heavy (non-hydrogen) atoms. The van der Waals surface area contributed by atoms with Crippen LogP contribution in [0.2, 0.25) is 0 Å². The smallest absolute Gasteiger partial charge is 0.305 e. The van der Waals surface area contributed by atoms with E-state index in [1.807, 2.05) is 0 Å². The summed E-state index contributed by atoms with van der Waals surface area (Å²) in [4.78, 5) is 0. The molecule has 0 heterocycles. The molecule has 1 rings (SSSR count). The Morgan fingerprint density at radius 1 is 0.765 bits per heavy atom. The molecule has 0 radical (unpaired) electrons. The minimum Gasteiger partial charge on any atom is -0.493 e. The Morgan fingerprint density at radius 3 is 1.53 bits per heavy atom. The minimum absolute atomic E-state index is 0.0210. The molecule has 0 aromatic heterocycles. The van der Waals surface area contributed by atoms with Crippen molar-refractivity contribution in [3.8, 4) is 11.5 Å². The molecule has 0 aliphatic heterocycles. The number of aliphatic hydroxyl groups is 3. The van der Waals surface area contributed by atoms with Crippen molar-refractivity contribution in [3.63, 3.8) is 0 Å². The zero-order valence-electron chi connectivity index (χ0n) is 10.7. The van der Waals surface area contributed by atoms with Gasteiger partial charge in [-0.25, -0.2) is 0 Å². The summed E-state index contributed by atoms with van der Waals surface area (Å²) in [5.41, 5.74) is 1.69. The average Bonchev–Trinajstić information content (AvgIpc) is 2.21. The van der Waals surface area contributed by atoms with Crippen LogP contribution in [0.1, 0.15) is 22.3 Å². The molecule has 0 spiro atoms. The summed E-state index contributed by atoms with van der Waals surface area (Å²) < 4.78 is 10.4. The Balaban J connectivity index is 3.71. The Labute approximate surface area is 100 Å². The highest BCUT2D eigenvalue weighted by atomic mass is 16.7. The lowest BCUT2D eigenvalue weighted by Crippen LogP contribution is -2.27. The number of ether oxygens (including phenoxy) is 2. The number of methoxy groups -OCH3 is 2. The third-order valence-corrected chi connectivity index (χ3v) is 2.94. The molecule has 0 aliphatic carbocycles. The standard InChI is InChI=1S/C12H18O5/c1-6-7(2)10(16-4)11(17-5)8(3)9(6)12(13,14)15/h13-15H,1-5H3. The Kier molecular flexibility index (Phi) is 3.66. The summed E-state index contributed by atoms with van der Waals surface area (Å²) in [5.74, 6) is -1.99. The molecular weight excluding hydrogens is 224 g/mol. The monoisotopic (exact) mass is 242 g/mol. The molecule has 5 heteroatoms. The van der Waals surface area contributed by atoms with E-state index in [9.17, 15) is 15.3 Å². The first-order valence-electron chi connectivity index (χ1n) is 5.15. The molecule has 0 aliphatic rings. The van der Waals surface area contributed by atoms with Crippen LogP contribution >= 0.6 is 0 Å². The molecule has 1 aromatic rings. The van der Waals surface area contributed by atoms with Gasteiger partial charge in [0.15, 0.2) is 11.5 Å². The molecular formula is C12H18O5. The van der Waals surface area contributed by atoms with E-state index < -0.39 is 5.97 Å². The van der Waals surface area contributed by atoms with Gasteiger partial charge in [-0.3, -0.25) is 0 Å². The fraction of sp³-hybridized carbons (Fsp3) is 0.500. The first-order valence-corrected chi connectivity index (χ1v) is 5.15. The molecule has 0 saturated carbocycles. The van der Waals surface area contributed by atoms with Gasteiger partial charge in [0, 0.05) is 5.56 Å². The molecule has 0 saturated heterocycles. The van der Waals surface area contributed by atoms with Crippen molar-refractivity contribution in [1.82, 2.24) is 0 Å². The Morgan fingerprint density at radius 2 is 1.18 bits per heavy atom. The maximum absolute atomic E-state index is 9.37. The van der Waals surface area contributed by atoms with Gasteiger partial charge >= 0.3 is 5.97 Å². The first-order chi connectivity index (χ1) is 7.75. The van der Waals surface area contributed by atoms with Crippen molar-refractivity contribution in [3.05, 3.63) is 22.3 Å². The van der Waals surface area contributed by atoms with Gasteiger partial charge < -0.3 is 24.8 Å². The fourth-order valence-electron chi connectivity index (χ4n) is 2.09. The van der Waals surface area contributed by atoms with Crippen LogP contribution < -0.4 is 9.47 Å². The van der Waals surface area contributed by atoms with Gasteiger partial charge in [-0.15, -0.1) is 0 Å². The summed E-state index contributed by atoms with van der Waals surface area (Å²) in [6.07, 6.45) is 0. The van der Waals surface area contributed by atoms with Gasteiger partial charge in [-0.1, -0.05) is 0 Å². The third-order valence-electron chi connectivity index (χ3n) is 2.94. The second-order valence-corrected chi connectivity index (χ2v) is 3.95. The van der Waals surface area contributed by atoms with Gasteiger partial charge in [0.25, 0.3) is 0 Å². The van der Waals surface area contributed by atoms with Crippen molar-refractivity contribution in [2.24, 2.45) is 0 Å². The summed E-state index contributed by atoms with van der Waals surface area (Å²) in [7, 11) is 2.96. The number of hydrogen-bond donors (Lipinski definition) is 3. The first kappa shape index (κ1) is 13.8. The quantitative estimate of drug-likeness (QED) is 0.680. The SMILES string of the molecule is COc1c(C)c(C)c(C(O)(O)O)c(C)c1OC. The van der Waals surface area contributed by atoms with Crippen molar-refractivity contribution in [2.45, 2.75) is 26.7 Å². The van der Waals surface area contributed by atoms with E-state index in [0.717, 1.165) is 0 Å². The molecule has 0 fully saturated rings. The molecule has 0 unspecified atom stereocenters. The molecule has 1 aromatic carbocycles. The maximum atomic E-state index is 9.37. The third kappa shape index (κ3) is 2.22. The number of hydrogen-bond acceptors (Lipinski definition) is 5. The topological polar surface area (TPSA) is 79.2 Å². The van der Waals surface area contributed by atoms with Gasteiger partial charge in [0.1, 0.15) is 0 Å². The predicted octanol–water partition coefficient (Wildman–Crippen LogP) is 0.716. The van der Waals surface area contributed by atoms with Crippen molar-refractivity contribution >= 4 is 0 Å². The molecule has 5 nitrogen and oxygen atoms in total. The van der Waals surface area contributed by atoms with Crippen LogP contribution in [0, 0.1) is 20.8 Å². The van der Waals surface area contributed by atoms with E-state index >= 15 is 0 Å². The number of rotatable bonds is 3. The van der Waals surface area contributed by atoms with Crippen LogP contribution in [-0.2, 0) is 5.97 Å². The summed E-state index contributed by atoms with van der Waals surface area (Å²) in [6.45, 7) is 5.06. The summed E-state index contributed by atoms with van der Waals surface area (Å²) >= 11 is 0. The van der Waals surface area contributed by atoms with Gasteiger partial charge in [-0.2, -0.15) is 0 Å². The second-order valence-electron chi connectivity index (χ2n) is 3.95. The van der Waals surface area contributed by atoms with E-state index in [4.69, 9.17) is 9.47 Å². The lowest BCUT2D eigenvalue weighted by atomic mass is 9.94. The van der Waals surface area contributed by atoms with Crippen LogP contribution in [0.5, 0.6) is 11.5 Å². The van der Waals surface area contributed by atoms with Gasteiger partial charge in [0.05, 0.1) is 19.8 Å². The zero-order chi connectivity index (χ0) is 13.4. The fourth-order valence-corrected chi connectivity index (χ4v) is 2.09. The number of benzene rings is 1. The molecule has 0 atom stereocenters. The highest BCUT2D eigenvalue weighted by Crippen LogP contribution is 2.41. The lowest BCUT2D eigenvalue weighted by Gasteiger charge is -2.24. The lowest BCUT2D eigenvalue weighted by molar-refractivity contribution is -0.324. The van der Waals surface area contributed by atoms with Crippen LogP contribution in [0.15, 0.2) is 0 Å². The van der Waals surface area contributed by atoms with E-state index in [-0.39, 0.29) is 5.56 Å². The van der Waals surface area contributed by atoms with E-state index in [1.165, 1.54) is 14.2 Å². The zero-order valence-corrected chi connectivity index (χ0v) is 10.7. The summed E-state index contributed by atoms with van der Waals surface area (Å²) in [6, 6.07) is 0. The van der Waals surface area contributed by atoms with Crippen molar-refractivity contribution in [1.29, 1.82) is 0 Å². The normalized spacial score (nSPS) is 11.5. The average molecular weight is 242 g/mol. The van der Waals surface area contributed by atoms with Crippen LogP contribution in [0.4, 0.5) is 0 Å². The van der Waals surface area contributed by atoms with E-state index in [1.54, 1.807) is 20.8 Å². The molecule has 0 amide bonds. The Hall–Kier alpha value is -1.30. The highest BCUT2D eigenvalue weighted by molar-refractivity contribution is 5.59. The van der Waals surface area contributed by atoms with E-state index in [2.05, 4.69) is 0 Å². The Bertz CT molecular complexity index is 432. The molecule has 96 valence electrons. The molecule has 0 bridgehead atoms. The maximum Gasteiger partial charge on any atom is 0.305 e. The van der Waals surface area contributed by atoms with Gasteiger partial charge in [0.2, 0.25) is 0 Å². The van der Waals surface area contributed by atoms with Crippen LogP contribution in [0.3, 0.4) is 0 Å². The summed E-state index contributed by atoms with van der Waals surface area (Å²) in [5, 5.41) is 28.1. The highest BCUT2D eigenvalue weighted by Gasteiger charge is 2.31. The van der Waals surface area contributed by atoms with Crippen LogP contribution in [0.25, 0.3) is 0 Å². The largest absolute Gasteiger partial charge is 0.493 e.